The molecule has 20 heavy (non-hydrogen) atoms. The first-order valence-electron chi connectivity index (χ1n) is 7.01. The molecule has 1 N–H and O–H groups in total. The Morgan fingerprint density at radius 2 is 2.10 bits per heavy atom. The van der Waals surface area contributed by atoms with E-state index in [1.807, 2.05) is 6.07 Å². The normalized spacial score (nSPS) is 14.6. The lowest BCUT2D eigenvalue weighted by Gasteiger charge is -2.12. The molecule has 0 heterocycles. The van der Waals surface area contributed by atoms with Crippen molar-refractivity contribution in [2.75, 3.05) is 26.9 Å². The van der Waals surface area contributed by atoms with E-state index in [2.05, 4.69) is 43.2 Å². The number of nitrogens with one attached hydrogen (secondary N) is 1. The highest BCUT2D eigenvalue weighted by Gasteiger charge is 2.20. The van der Waals surface area contributed by atoms with Crippen LogP contribution in [-0.4, -0.2) is 26.9 Å². The van der Waals surface area contributed by atoms with Gasteiger partial charge in [0.2, 0.25) is 0 Å². The van der Waals surface area contributed by atoms with Gasteiger partial charge in [-0.2, -0.15) is 0 Å². The molecule has 0 atom stereocenters. The monoisotopic (exact) mass is 405 g/mol. The summed E-state index contributed by atoms with van der Waals surface area (Å²) in [7, 11) is 1.70. The van der Waals surface area contributed by atoms with Gasteiger partial charge in [0.15, 0.2) is 0 Å². The van der Waals surface area contributed by atoms with Gasteiger partial charge in [0.25, 0.3) is 0 Å². The van der Waals surface area contributed by atoms with Crippen molar-refractivity contribution in [2.24, 2.45) is 5.92 Å². The van der Waals surface area contributed by atoms with Crippen LogP contribution in [0.3, 0.4) is 0 Å². The van der Waals surface area contributed by atoms with Crippen LogP contribution in [0.1, 0.15) is 24.8 Å². The molecule has 1 aliphatic rings. The van der Waals surface area contributed by atoms with E-state index in [0.717, 1.165) is 58.9 Å². The Labute approximate surface area is 137 Å². The minimum absolute atomic E-state index is 0.795. The molecule has 5 heteroatoms. The van der Waals surface area contributed by atoms with Gasteiger partial charge in [-0.1, -0.05) is 15.9 Å². The van der Waals surface area contributed by atoms with Crippen LogP contribution in [0.2, 0.25) is 0 Å². The largest absolute Gasteiger partial charge is 0.495 e. The maximum absolute atomic E-state index is 5.61. The van der Waals surface area contributed by atoms with Crippen LogP contribution in [0.25, 0.3) is 0 Å². The fraction of sp³-hybridized carbons (Fsp3) is 0.600. The van der Waals surface area contributed by atoms with Gasteiger partial charge in [-0.25, -0.2) is 0 Å². The summed E-state index contributed by atoms with van der Waals surface area (Å²) < 4.78 is 13.1. The molecule has 2 rings (SSSR count). The summed E-state index contributed by atoms with van der Waals surface area (Å²) in [6, 6.07) is 4.08. The van der Waals surface area contributed by atoms with E-state index in [1.165, 1.54) is 12.8 Å². The quantitative estimate of drug-likeness (QED) is 0.625. The third kappa shape index (κ3) is 5.35. The van der Waals surface area contributed by atoms with Gasteiger partial charge in [-0.05, 0) is 59.8 Å². The van der Waals surface area contributed by atoms with Crippen molar-refractivity contribution in [1.82, 2.24) is 5.32 Å². The van der Waals surface area contributed by atoms with Crippen LogP contribution in [0.15, 0.2) is 21.1 Å². The van der Waals surface area contributed by atoms with Gasteiger partial charge >= 0.3 is 0 Å². The van der Waals surface area contributed by atoms with Crippen molar-refractivity contribution in [3.63, 3.8) is 0 Å². The molecule has 0 saturated heterocycles. The molecule has 1 aromatic rings. The highest BCUT2D eigenvalue weighted by atomic mass is 79.9. The molecule has 112 valence electrons. The topological polar surface area (TPSA) is 30.5 Å². The van der Waals surface area contributed by atoms with Gasteiger partial charge in [-0.15, -0.1) is 0 Å². The zero-order chi connectivity index (χ0) is 14.4. The number of rotatable bonds is 9. The van der Waals surface area contributed by atoms with Crippen molar-refractivity contribution in [1.29, 1.82) is 0 Å². The van der Waals surface area contributed by atoms with E-state index in [9.17, 15) is 0 Å². The zero-order valence-electron chi connectivity index (χ0n) is 11.8. The van der Waals surface area contributed by atoms with Crippen molar-refractivity contribution in [3.8, 4) is 5.75 Å². The van der Waals surface area contributed by atoms with Crippen LogP contribution >= 0.6 is 31.9 Å². The number of benzene rings is 1. The van der Waals surface area contributed by atoms with E-state index in [0.29, 0.717) is 0 Å². The summed E-state index contributed by atoms with van der Waals surface area (Å²) in [5, 5.41) is 3.43. The smallest absolute Gasteiger partial charge is 0.137 e. The summed E-state index contributed by atoms with van der Waals surface area (Å²) in [6.45, 7) is 3.55. The summed E-state index contributed by atoms with van der Waals surface area (Å²) in [5.41, 5.74) is 1.15. The van der Waals surface area contributed by atoms with Crippen molar-refractivity contribution >= 4 is 31.9 Å². The lowest BCUT2D eigenvalue weighted by Crippen LogP contribution is -2.17. The van der Waals surface area contributed by atoms with Crippen LogP contribution in [-0.2, 0) is 11.3 Å². The van der Waals surface area contributed by atoms with E-state index >= 15 is 0 Å². The Morgan fingerprint density at radius 3 is 2.80 bits per heavy atom. The SMILES string of the molecule is COc1c(Br)cc(Br)cc1CNCCCOCC1CC1. The molecular weight excluding hydrogens is 386 g/mol. The van der Waals surface area contributed by atoms with Crippen LogP contribution in [0.5, 0.6) is 5.75 Å². The molecule has 1 aromatic carbocycles. The van der Waals surface area contributed by atoms with Gasteiger partial charge in [0.1, 0.15) is 5.75 Å². The van der Waals surface area contributed by atoms with Crippen molar-refractivity contribution in [3.05, 3.63) is 26.6 Å². The Morgan fingerprint density at radius 1 is 1.30 bits per heavy atom. The fourth-order valence-electron chi connectivity index (χ4n) is 2.03. The maximum atomic E-state index is 5.61. The van der Waals surface area contributed by atoms with Crippen LogP contribution in [0, 0.1) is 5.92 Å². The van der Waals surface area contributed by atoms with Gasteiger partial charge in [0, 0.05) is 29.8 Å². The molecule has 1 fully saturated rings. The molecule has 0 spiro atoms. The minimum atomic E-state index is 0.795. The Hall–Kier alpha value is -0.100. The molecule has 0 amide bonds. The molecule has 1 saturated carbocycles. The molecule has 0 aliphatic heterocycles. The van der Waals surface area contributed by atoms with Crippen molar-refractivity contribution < 1.29 is 9.47 Å². The van der Waals surface area contributed by atoms with E-state index < -0.39 is 0 Å². The van der Waals surface area contributed by atoms with Gasteiger partial charge in [-0.3, -0.25) is 0 Å². The second-order valence-electron chi connectivity index (χ2n) is 5.13. The maximum Gasteiger partial charge on any atom is 0.137 e. The number of methoxy groups -OCH3 is 1. The fourth-order valence-corrected chi connectivity index (χ4v) is 3.51. The molecule has 0 radical (unpaired) electrons. The second kappa shape index (κ2) is 8.37. The van der Waals surface area contributed by atoms with Crippen LogP contribution in [0.4, 0.5) is 0 Å². The minimum Gasteiger partial charge on any atom is -0.495 e. The first-order valence-corrected chi connectivity index (χ1v) is 8.59. The molecular formula is C15H21Br2NO2. The standard InChI is InChI=1S/C15H21Br2NO2/c1-19-15-12(7-13(16)8-14(15)17)9-18-5-2-6-20-10-11-3-4-11/h7-8,11,18H,2-6,9-10H2,1H3. The Kier molecular flexibility index (Phi) is 6.81. The van der Waals surface area contributed by atoms with Crippen molar-refractivity contribution in [2.45, 2.75) is 25.8 Å². The third-order valence-electron chi connectivity index (χ3n) is 3.30. The predicted octanol–water partition coefficient (Wildman–Crippen LogP) is 4.13. The average Bonchev–Trinajstić information content (AvgIpc) is 3.21. The van der Waals surface area contributed by atoms with Crippen LogP contribution < -0.4 is 10.1 Å². The summed E-state index contributed by atoms with van der Waals surface area (Å²) >= 11 is 7.02. The van der Waals surface area contributed by atoms with Gasteiger partial charge in [0.05, 0.1) is 11.6 Å². The molecule has 0 bridgehead atoms. The Bertz CT molecular complexity index is 436. The number of ether oxygens (including phenoxy) is 2. The zero-order valence-corrected chi connectivity index (χ0v) is 14.9. The summed E-state index contributed by atoms with van der Waals surface area (Å²) in [5.74, 6) is 1.75. The second-order valence-corrected chi connectivity index (χ2v) is 6.90. The molecule has 0 unspecified atom stereocenters. The Balaban J connectivity index is 1.67. The van der Waals surface area contributed by atoms with Gasteiger partial charge < -0.3 is 14.8 Å². The number of hydrogen-bond acceptors (Lipinski definition) is 3. The summed E-state index contributed by atoms with van der Waals surface area (Å²) in [4.78, 5) is 0. The van der Waals surface area contributed by atoms with E-state index in [1.54, 1.807) is 7.11 Å². The first-order chi connectivity index (χ1) is 9.70. The number of halogens is 2. The summed E-state index contributed by atoms with van der Waals surface area (Å²) in [6.07, 6.45) is 3.76. The predicted molar refractivity (Wildman–Crippen MR) is 88.3 cm³/mol. The van der Waals surface area contributed by atoms with E-state index in [4.69, 9.17) is 9.47 Å². The lowest BCUT2D eigenvalue weighted by atomic mass is 10.2. The van der Waals surface area contributed by atoms with E-state index in [-0.39, 0.29) is 0 Å². The highest BCUT2D eigenvalue weighted by molar-refractivity contribution is 9.11. The third-order valence-corrected chi connectivity index (χ3v) is 4.34. The first kappa shape index (κ1) is 16.3. The average molecular weight is 407 g/mol. The molecule has 3 nitrogen and oxygen atoms in total. The lowest BCUT2D eigenvalue weighted by molar-refractivity contribution is 0.122. The number of hydrogen-bond donors (Lipinski definition) is 1. The molecule has 1 aliphatic carbocycles. The molecule has 0 aromatic heterocycles. The highest BCUT2D eigenvalue weighted by Crippen LogP contribution is 2.32.